The number of rotatable bonds is 7. The molecule has 3 N–H and O–H groups in total. The number of hydrogen-bond donors (Lipinski definition) is 2. The molecule has 3 heteroatoms. The van der Waals surface area contributed by atoms with Gasteiger partial charge >= 0.3 is 0 Å². The molecule has 0 radical (unpaired) electrons. The highest BCUT2D eigenvalue weighted by Gasteiger charge is 2.21. The molecule has 0 heterocycles. The van der Waals surface area contributed by atoms with Crippen molar-refractivity contribution in [1.29, 1.82) is 0 Å². The van der Waals surface area contributed by atoms with E-state index in [0.717, 1.165) is 18.4 Å². The normalized spacial score (nSPS) is 15.6. The van der Waals surface area contributed by atoms with Gasteiger partial charge in [0.15, 0.2) is 0 Å². The third-order valence-corrected chi connectivity index (χ3v) is 4.04. The first-order chi connectivity index (χ1) is 9.85. The molecule has 0 aliphatic heterocycles. The van der Waals surface area contributed by atoms with Gasteiger partial charge in [-0.1, -0.05) is 58.4 Å². The van der Waals surface area contributed by atoms with Crippen LogP contribution in [-0.4, -0.2) is 11.9 Å². The lowest BCUT2D eigenvalue weighted by molar-refractivity contribution is -0.124. The number of carbonyl (C=O) groups excluding carboxylic acids is 1. The highest BCUT2D eigenvalue weighted by molar-refractivity contribution is 5.82. The summed E-state index contributed by atoms with van der Waals surface area (Å²) < 4.78 is 0. The predicted octanol–water partition coefficient (Wildman–Crippen LogP) is 3.44. The lowest BCUT2D eigenvalue weighted by atomic mass is 9.98. The Labute approximate surface area is 129 Å². The van der Waals surface area contributed by atoms with Crippen LogP contribution < -0.4 is 11.1 Å². The van der Waals surface area contributed by atoms with E-state index in [1.807, 2.05) is 13.8 Å². The Balaban J connectivity index is 2.63. The molecule has 21 heavy (non-hydrogen) atoms. The lowest BCUT2D eigenvalue weighted by Crippen LogP contribution is -2.45. The van der Waals surface area contributed by atoms with E-state index in [1.54, 1.807) is 0 Å². The van der Waals surface area contributed by atoms with Crippen molar-refractivity contribution in [3.63, 3.8) is 0 Å². The summed E-state index contributed by atoms with van der Waals surface area (Å²) in [6, 6.07) is 8.03. The van der Waals surface area contributed by atoms with E-state index in [1.165, 1.54) is 5.56 Å². The lowest BCUT2D eigenvalue weighted by Gasteiger charge is -2.21. The molecule has 0 aliphatic carbocycles. The van der Waals surface area contributed by atoms with Crippen LogP contribution in [0, 0.1) is 11.8 Å². The van der Waals surface area contributed by atoms with Crippen molar-refractivity contribution >= 4 is 5.91 Å². The van der Waals surface area contributed by atoms with Crippen molar-refractivity contribution in [2.45, 2.75) is 59.5 Å². The van der Waals surface area contributed by atoms with Gasteiger partial charge in [0.25, 0.3) is 0 Å². The molecule has 0 fully saturated rings. The van der Waals surface area contributed by atoms with E-state index >= 15 is 0 Å². The monoisotopic (exact) mass is 290 g/mol. The average molecular weight is 290 g/mol. The predicted molar refractivity (Wildman–Crippen MR) is 89.0 cm³/mol. The minimum Gasteiger partial charge on any atom is -0.348 e. The van der Waals surface area contributed by atoms with Crippen LogP contribution in [0.25, 0.3) is 0 Å². The van der Waals surface area contributed by atoms with Gasteiger partial charge in [0.05, 0.1) is 12.1 Å². The van der Waals surface area contributed by atoms with Gasteiger partial charge in [-0.25, -0.2) is 0 Å². The van der Waals surface area contributed by atoms with Crippen molar-refractivity contribution < 1.29 is 4.79 Å². The molecule has 1 aromatic rings. The van der Waals surface area contributed by atoms with Crippen molar-refractivity contribution in [3.05, 3.63) is 35.4 Å². The third kappa shape index (κ3) is 5.50. The summed E-state index contributed by atoms with van der Waals surface area (Å²) in [6.07, 6.45) is 1.99. The number of nitrogens with two attached hydrogens (primary N) is 1. The van der Waals surface area contributed by atoms with E-state index in [4.69, 9.17) is 5.73 Å². The van der Waals surface area contributed by atoms with Crippen molar-refractivity contribution in [3.8, 4) is 0 Å². The Kier molecular flexibility index (Phi) is 6.90. The molecule has 0 aliphatic rings. The molecular weight excluding hydrogens is 260 g/mol. The van der Waals surface area contributed by atoms with Gasteiger partial charge in [0, 0.05) is 0 Å². The van der Waals surface area contributed by atoms with Crippen molar-refractivity contribution in [2.24, 2.45) is 17.6 Å². The van der Waals surface area contributed by atoms with Crippen LogP contribution in [0.1, 0.15) is 58.2 Å². The zero-order chi connectivity index (χ0) is 16.0. The molecule has 1 aromatic carbocycles. The standard InChI is InChI=1S/C18H30N2O/c1-6-13(4)17(19)18(21)20-14(5)16-9-7-15(8-10-16)11-12(2)3/h7-10,12-14,17H,6,11,19H2,1-5H3,(H,20,21)/t13-,14?,17-/m0/s1. The Morgan fingerprint density at radius 1 is 1.14 bits per heavy atom. The topological polar surface area (TPSA) is 55.1 Å². The first-order valence-corrected chi connectivity index (χ1v) is 7.99. The Morgan fingerprint density at radius 2 is 1.71 bits per heavy atom. The largest absolute Gasteiger partial charge is 0.348 e. The number of amides is 1. The van der Waals surface area contributed by atoms with E-state index in [0.29, 0.717) is 5.92 Å². The molecule has 1 unspecified atom stereocenters. The molecule has 1 rings (SSSR count). The minimum absolute atomic E-state index is 0.0132. The molecular formula is C18H30N2O. The first-order valence-electron chi connectivity index (χ1n) is 7.99. The van der Waals surface area contributed by atoms with E-state index in [2.05, 4.69) is 50.4 Å². The van der Waals surface area contributed by atoms with E-state index in [9.17, 15) is 4.79 Å². The van der Waals surface area contributed by atoms with Gasteiger partial charge in [-0.3, -0.25) is 4.79 Å². The maximum Gasteiger partial charge on any atom is 0.237 e. The fourth-order valence-corrected chi connectivity index (χ4v) is 2.32. The number of nitrogens with one attached hydrogen (secondary N) is 1. The van der Waals surface area contributed by atoms with Crippen LogP contribution in [0.3, 0.4) is 0 Å². The molecule has 3 atom stereocenters. The Morgan fingerprint density at radius 3 is 2.19 bits per heavy atom. The summed E-state index contributed by atoms with van der Waals surface area (Å²) >= 11 is 0. The van der Waals surface area contributed by atoms with Gasteiger partial charge in [0.2, 0.25) is 5.91 Å². The number of hydrogen-bond acceptors (Lipinski definition) is 2. The Hall–Kier alpha value is -1.35. The van der Waals surface area contributed by atoms with Crippen LogP contribution >= 0.6 is 0 Å². The fraction of sp³-hybridized carbons (Fsp3) is 0.611. The van der Waals surface area contributed by atoms with Crippen LogP contribution in [0.4, 0.5) is 0 Å². The quantitative estimate of drug-likeness (QED) is 0.808. The molecule has 0 saturated heterocycles. The maximum atomic E-state index is 12.1. The van der Waals surface area contributed by atoms with Gasteiger partial charge in [0.1, 0.15) is 0 Å². The van der Waals surface area contributed by atoms with Crippen LogP contribution in [0.5, 0.6) is 0 Å². The van der Waals surface area contributed by atoms with Crippen LogP contribution in [0.15, 0.2) is 24.3 Å². The van der Waals surface area contributed by atoms with Gasteiger partial charge < -0.3 is 11.1 Å². The fourth-order valence-electron chi connectivity index (χ4n) is 2.32. The van der Waals surface area contributed by atoms with Crippen LogP contribution in [-0.2, 0) is 11.2 Å². The highest BCUT2D eigenvalue weighted by Crippen LogP contribution is 2.16. The van der Waals surface area contributed by atoms with E-state index < -0.39 is 6.04 Å². The minimum atomic E-state index is -0.433. The van der Waals surface area contributed by atoms with Crippen LogP contribution in [0.2, 0.25) is 0 Å². The second-order valence-corrected chi connectivity index (χ2v) is 6.48. The molecule has 3 nitrogen and oxygen atoms in total. The summed E-state index contributed by atoms with van der Waals surface area (Å²) in [7, 11) is 0. The second-order valence-electron chi connectivity index (χ2n) is 6.48. The third-order valence-electron chi connectivity index (χ3n) is 4.04. The van der Waals surface area contributed by atoms with Crippen molar-refractivity contribution in [2.75, 3.05) is 0 Å². The summed E-state index contributed by atoms with van der Waals surface area (Å²) in [4.78, 5) is 12.1. The van der Waals surface area contributed by atoms with Gasteiger partial charge in [-0.15, -0.1) is 0 Å². The molecule has 1 amide bonds. The molecule has 118 valence electrons. The number of benzene rings is 1. The molecule has 0 spiro atoms. The first kappa shape index (κ1) is 17.7. The maximum absolute atomic E-state index is 12.1. The Bertz CT molecular complexity index is 439. The summed E-state index contributed by atoms with van der Waals surface area (Å²) in [5.41, 5.74) is 8.42. The van der Waals surface area contributed by atoms with Gasteiger partial charge in [-0.2, -0.15) is 0 Å². The highest BCUT2D eigenvalue weighted by atomic mass is 16.2. The molecule has 0 bridgehead atoms. The second kappa shape index (κ2) is 8.18. The number of carbonyl (C=O) groups is 1. The zero-order valence-electron chi connectivity index (χ0n) is 14.0. The molecule has 0 saturated carbocycles. The SMILES string of the molecule is CC[C@H](C)[C@H](N)C(=O)NC(C)c1ccc(CC(C)C)cc1. The van der Waals surface area contributed by atoms with Crippen molar-refractivity contribution in [1.82, 2.24) is 5.32 Å². The zero-order valence-corrected chi connectivity index (χ0v) is 14.0. The van der Waals surface area contributed by atoms with E-state index in [-0.39, 0.29) is 17.9 Å². The summed E-state index contributed by atoms with van der Waals surface area (Å²) in [5.74, 6) is 0.787. The van der Waals surface area contributed by atoms with Gasteiger partial charge in [-0.05, 0) is 36.3 Å². The average Bonchev–Trinajstić information content (AvgIpc) is 2.45. The smallest absolute Gasteiger partial charge is 0.237 e. The molecule has 0 aromatic heterocycles. The summed E-state index contributed by atoms with van der Waals surface area (Å²) in [6.45, 7) is 10.5. The summed E-state index contributed by atoms with van der Waals surface area (Å²) in [5, 5.41) is 3.01.